The Balaban J connectivity index is 1.56. The van der Waals surface area contributed by atoms with Crippen molar-refractivity contribution in [2.24, 2.45) is 0 Å². The first kappa shape index (κ1) is 20.2. The van der Waals surface area contributed by atoms with Gasteiger partial charge in [0.25, 0.3) is 0 Å². The highest BCUT2D eigenvalue weighted by atomic mass is 16.6. The summed E-state index contributed by atoms with van der Waals surface area (Å²) < 4.78 is 11.6. The van der Waals surface area contributed by atoms with E-state index in [-0.39, 0.29) is 6.10 Å². The summed E-state index contributed by atoms with van der Waals surface area (Å²) in [6, 6.07) is 13.2. The normalized spacial score (nSPS) is 15.2. The monoisotopic (exact) mass is 382 g/mol. The predicted molar refractivity (Wildman–Crippen MR) is 112 cm³/mol. The van der Waals surface area contributed by atoms with Crippen LogP contribution in [-0.2, 0) is 6.42 Å². The molecule has 2 aromatic rings. The summed E-state index contributed by atoms with van der Waals surface area (Å²) in [4.78, 5) is 14.6. The summed E-state index contributed by atoms with van der Waals surface area (Å²) in [5, 5.41) is 2.75. The van der Waals surface area contributed by atoms with Gasteiger partial charge in [0.05, 0.1) is 0 Å². The second kappa shape index (κ2) is 9.60. The van der Waals surface area contributed by atoms with E-state index in [0.29, 0.717) is 11.4 Å². The maximum Gasteiger partial charge on any atom is 0.417 e. The van der Waals surface area contributed by atoms with Crippen LogP contribution in [0.1, 0.15) is 37.8 Å². The van der Waals surface area contributed by atoms with E-state index in [1.165, 1.54) is 0 Å². The van der Waals surface area contributed by atoms with Gasteiger partial charge in [0.2, 0.25) is 0 Å². The van der Waals surface area contributed by atoms with Crippen molar-refractivity contribution in [2.45, 2.75) is 46.1 Å². The number of amides is 1. The minimum Gasteiger partial charge on any atom is -0.488 e. The molecule has 0 bridgehead atoms. The van der Waals surface area contributed by atoms with Gasteiger partial charge in [-0.25, -0.2) is 4.79 Å². The lowest BCUT2D eigenvalue weighted by Crippen LogP contribution is -2.35. The van der Waals surface area contributed by atoms with E-state index in [1.54, 1.807) is 6.07 Å². The number of nitrogens with zero attached hydrogens (tertiary/aromatic N) is 1. The molecule has 1 unspecified atom stereocenters. The molecular formula is C23H30N2O3. The highest BCUT2D eigenvalue weighted by molar-refractivity contribution is 5.86. The van der Waals surface area contributed by atoms with E-state index in [9.17, 15) is 4.79 Å². The SMILES string of the molecule is CCCN(CCC)CC1Cc2cc(OC(=O)Nc3ccc(C)cc3)ccc2O1. The van der Waals surface area contributed by atoms with Gasteiger partial charge in [-0.2, -0.15) is 0 Å². The molecule has 1 amide bonds. The molecule has 2 aromatic carbocycles. The van der Waals surface area contributed by atoms with Gasteiger partial charge in [0.1, 0.15) is 17.6 Å². The second-order valence-corrected chi connectivity index (χ2v) is 7.39. The number of carbonyl (C=O) groups excluding carboxylic acids is 1. The summed E-state index contributed by atoms with van der Waals surface area (Å²) >= 11 is 0. The van der Waals surface area contributed by atoms with Crippen molar-refractivity contribution in [3.05, 3.63) is 53.6 Å². The Labute approximate surface area is 167 Å². The Morgan fingerprint density at radius 2 is 1.86 bits per heavy atom. The summed E-state index contributed by atoms with van der Waals surface area (Å²) in [5.41, 5.74) is 2.95. The third-order valence-electron chi connectivity index (χ3n) is 4.82. The molecule has 0 aliphatic carbocycles. The molecule has 1 heterocycles. The van der Waals surface area contributed by atoms with Crippen LogP contribution in [0.5, 0.6) is 11.5 Å². The van der Waals surface area contributed by atoms with Crippen LogP contribution in [0.2, 0.25) is 0 Å². The maximum absolute atomic E-state index is 12.1. The van der Waals surface area contributed by atoms with Crippen LogP contribution < -0.4 is 14.8 Å². The molecule has 0 spiro atoms. The van der Waals surface area contributed by atoms with Crippen LogP contribution in [-0.4, -0.2) is 36.7 Å². The van der Waals surface area contributed by atoms with Crippen LogP contribution >= 0.6 is 0 Å². The summed E-state index contributed by atoms with van der Waals surface area (Å²) in [6.07, 6.45) is 2.80. The number of aryl methyl sites for hydroxylation is 1. The zero-order valence-electron chi connectivity index (χ0n) is 17.0. The minimum atomic E-state index is -0.490. The van der Waals surface area contributed by atoms with Gasteiger partial charge in [0.15, 0.2) is 0 Å². The molecule has 150 valence electrons. The summed E-state index contributed by atoms with van der Waals surface area (Å²) in [5.74, 6) is 1.43. The largest absolute Gasteiger partial charge is 0.488 e. The van der Waals surface area contributed by atoms with Gasteiger partial charge in [-0.3, -0.25) is 10.2 Å². The first-order valence-corrected chi connectivity index (χ1v) is 10.1. The van der Waals surface area contributed by atoms with Crippen molar-refractivity contribution < 1.29 is 14.3 Å². The zero-order valence-corrected chi connectivity index (χ0v) is 17.0. The van der Waals surface area contributed by atoms with Gasteiger partial charge in [0, 0.05) is 24.2 Å². The van der Waals surface area contributed by atoms with E-state index in [1.807, 2.05) is 43.3 Å². The smallest absolute Gasteiger partial charge is 0.417 e. The first-order valence-electron chi connectivity index (χ1n) is 10.1. The Morgan fingerprint density at radius 1 is 1.14 bits per heavy atom. The standard InChI is InChI=1S/C23H30N2O3/c1-4-12-25(13-5-2)16-21-15-18-14-20(10-11-22(18)27-21)28-23(26)24-19-8-6-17(3)7-9-19/h6-11,14,21H,4-5,12-13,15-16H2,1-3H3,(H,24,26). The lowest BCUT2D eigenvalue weighted by Gasteiger charge is -2.24. The van der Waals surface area contributed by atoms with Gasteiger partial charge < -0.3 is 9.47 Å². The Morgan fingerprint density at radius 3 is 2.54 bits per heavy atom. The maximum atomic E-state index is 12.1. The zero-order chi connectivity index (χ0) is 19.9. The fourth-order valence-electron chi connectivity index (χ4n) is 3.56. The third-order valence-corrected chi connectivity index (χ3v) is 4.82. The number of fused-ring (bicyclic) bond motifs is 1. The van der Waals surface area contributed by atoms with Crippen molar-refractivity contribution in [3.63, 3.8) is 0 Å². The van der Waals surface area contributed by atoms with E-state index in [4.69, 9.17) is 9.47 Å². The van der Waals surface area contributed by atoms with E-state index >= 15 is 0 Å². The minimum absolute atomic E-state index is 0.157. The number of hydrogen-bond acceptors (Lipinski definition) is 4. The van der Waals surface area contributed by atoms with Crippen LogP contribution in [0.3, 0.4) is 0 Å². The van der Waals surface area contributed by atoms with Crippen LogP contribution in [0, 0.1) is 6.92 Å². The molecule has 1 N–H and O–H groups in total. The van der Waals surface area contributed by atoms with Crippen LogP contribution in [0.25, 0.3) is 0 Å². The Kier molecular flexibility index (Phi) is 6.93. The molecule has 5 heteroatoms. The van der Waals surface area contributed by atoms with Gasteiger partial charge in [-0.1, -0.05) is 31.5 Å². The lowest BCUT2D eigenvalue weighted by molar-refractivity contribution is 0.150. The quantitative estimate of drug-likeness (QED) is 0.696. The molecule has 5 nitrogen and oxygen atoms in total. The molecule has 0 fully saturated rings. The number of hydrogen-bond donors (Lipinski definition) is 1. The number of benzene rings is 2. The first-order chi connectivity index (χ1) is 13.6. The van der Waals surface area contributed by atoms with Crippen molar-refractivity contribution in [1.29, 1.82) is 0 Å². The molecule has 0 aromatic heterocycles. The molecule has 0 saturated heterocycles. The molecule has 28 heavy (non-hydrogen) atoms. The molecule has 0 saturated carbocycles. The van der Waals surface area contributed by atoms with Crippen molar-refractivity contribution in [2.75, 3.05) is 25.0 Å². The van der Waals surface area contributed by atoms with Crippen molar-refractivity contribution in [3.8, 4) is 11.5 Å². The van der Waals surface area contributed by atoms with E-state index in [2.05, 4.69) is 24.1 Å². The second-order valence-electron chi connectivity index (χ2n) is 7.39. The highest BCUT2D eigenvalue weighted by Gasteiger charge is 2.25. The number of anilines is 1. The number of nitrogens with one attached hydrogen (secondary N) is 1. The fraction of sp³-hybridized carbons (Fsp3) is 0.435. The molecule has 1 aliphatic rings. The fourth-order valence-corrected chi connectivity index (χ4v) is 3.56. The van der Waals surface area contributed by atoms with E-state index < -0.39 is 6.09 Å². The number of ether oxygens (including phenoxy) is 2. The Hall–Kier alpha value is -2.53. The van der Waals surface area contributed by atoms with Gasteiger partial charge in [-0.05, 0) is 63.2 Å². The van der Waals surface area contributed by atoms with Gasteiger partial charge >= 0.3 is 6.09 Å². The summed E-state index contributed by atoms with van der Waals surface area (Å²) in [6.45, 7) is 9.54. The third kappa shape index (κ3) is 5.49. The van der Waals surface area contributed by atoms with Crippen LogP contribution in [0.15, 0.2) is 42.5 Å². The van der Waals surface area contributed by atoms with Gasteiger partial charge in [-0.15, -0.1) is 0 Å². The average molecular weight is 383 g/mol. The molecular weight excluding hydrogens is 352 g/mol. The lowest BCUT2D eigenvalue weighted by atomic mass is 10.1. The van der Waals surface area contributed by atoms with Crippen molar-refractivity contribution in [1.82, 2.24) is 4.90 Å². The van der Waals surface area contributed by atoms with Crippen molar-refractivity contribution >= 4 is 11.8 Å². The van der Waals surface area contributed by atoms with E-state index in [0.717, 1.165) is 55.8 Å². The Bertz CT molecular complexity index is 783. The number of rotatable bonds is 8. The highest BCUT2D eigenvalue weighted by Crippen LogP contribution is 2.32. The molecule has 1 atom stereocenters. The van der Waals surface area contributed by atoms with Crippen LogP contribution in [0.4, 0.5) is 10.5 Å². The molecule has 3 rings (SSSR count). The summed E-state index contributed by atoms with van der Waals surface area (Å²) in [7, 11) is 0. The number of carbonyl (C=O) groups is 1. The molecule has 0 radical (unpaired) electrons. The topological polar surface area (TPSA) is 50.8 Å². The predicted octanol–water partition coefficient (Wildman–Crippen LogP) is 5.03. The molecule has 1 aliphatic heterocycles. The average Bonchev–Trinajstić information content (AvgIpc) is 3.05.